The van der Waals surface area contributed by atoms with Crippen molar-refractivity contribution in [3.05, 3.63) is 270 Å². The van der Waals surface area contributed by atoms with E-state index in [0.717, 1.165) is 34.8 Å². The van der Waals surface area contributed by atoms with Crippen LogP contribution in [0.3, 0.4) is 0 Å². The zero-order valence-corrected chi connectivity index (χ0v) is 42.6. The Balaban J connectivity index is 0.852. The van der Waals surface area contributed by atoms with E-state index in [4.69, 9.17) is 0 Å². The molecule has 0 N–H and O–H groups in total. The zero-order valence-electron chi connectivity index (χ0n) is 42.6. The maximum absolute atomic E-state index is 2.53. The number of nitrogens with zero attached hydrogens (tertiary/aromatic N) is 1. The highest BCUT2D eigenvalue weighted by Crippen LogP contribution is 2.64. The summed E-state index contributed by atoms with van der Waals surface area (Å²) in [6.07, 6.45) is 12.4. The first-order chi connectivity index (χ1) is 37.2. The topological polar surface area (TPSA) is 3.24 Å². The molecule has 5 aliphatic rings. The van der Waals surface area contributed by atoms with Crippen LogP contribution in [0.5, 0.6) is 0 Å². The van der Waals surface area contributed by atoms with Crippen LogP contribution in [-0.2, 0) is 5.41 Å². The molecule has 75 heavy (non-hydrogen) atoms. The Labute approximate surface area is 443 Å². The first kappa shape index (κ1) is 44.5. The molecule has 3 saturated carbocycles. The molecule has 1 spiro atoms. The predicted molar refractivity (Wildman–Crippen MR) is 313 cm³/mol. The van der Waals surface area contributed by atoms with Crippen molar-refractivity contribution in [1.29, 1.82) is 0 Å². The van der Waals surface area contributed by atoms with Crippen molar-refractivity contribution in [1.82, 2.24) is 0 Å². The molecule has 0 aliphatic heterocycles. The summed E-state index contributed by atoms with van der Waals surface area (Å²) >= 11 is 0. The van der Waals surface area contributed by atoms with Gasteiger partial charge in [0.2, 0.25) is 0 Å². The Bertz CT molecular complexity index is 3730. The molecule has 10 aromatic rings. The number of rotatable bonds is 9. The molecule has 362 valence electrons. The van der Waals surface area contributed by atoms with Gasteiger partial charge in [-0.3, -0.25) is 0 Å². The molecule has 0 radical (unpaired) electrons. The van der Waals surface area contributed by atoms with Crippen LogP contribution < -0.4 is 4.90 Å². The Morgan fingerprint density at radius 2 is 0.773 bits per heavy atom. The predicted octanol–water partition coefficient (Wildman–Crippen LogP) is 20.1. The second-order valence-electron chi connectivity index (χ2n) is 22.5. The van der Waals surface area contributed by atoms with E-state index in [1.54, 1.807) is 0 Å². The van der Waals surface area contributed by atoms with Crippen molar-refractivity contribution < 1.29 is 0 Å². The summed E-state index contributed by atoms with van der Waals surface area (Å²) in [6, 6.07) is 90.4. The van der Waals surface area contributed by atoms with Gasteiger partial charge < -0.3 is 4.90 Å². The summed E-state index contributed by atoms with van der Waals surface area (Å²) in [7, 11) is 0. The highest BCUT2D eigenvalue weighted by molar-refractivity contribution is 5.97. The van der Waals surface area contributed by atoms with Crippen LogP contribution in [0.1, 0.15) is 103 Å². The third kappa shape index (κ3) is 7.33. The minimum absolute atomic E-state index is 0.499. The lowest BCUT2D eigenvalue weighted by atomic mass is 9.70. The van der Waals surface area contributed by atoms with Crippen molar-refractivity contribution in [2.45, 2.75) is 75.0 Å². The molecule has 4 unspecified atom stereocenters. The molecule has 5 aliphatic carbocycles. The first-order valence-corrected chi connectivity index (χ1v) is 28.0. The SMILES string of the molecule is c1ccc(-c2ccc3c(c2)C2(c4ccccc4-3)c3ccccc3-c3ccc(N(c4ccc(-c5ccc(C6CC7CCC6C7)cc5)cc4)c4ccc(-c5ccccc5-c5ccc(C6CCCCC6)cc5)cc4)cc32)cc1. The molecule has 0 heterocycles. The molecule has 0 saturated heterocycles. The minimum Gasteiger partial charge on any atom is -0.310 e. The van der Waals surface area contributed by atoms with Gasteiger partial charge in [-0.2, -0.15) is 0 Å². The van der Waals surface area contributed by atoms with Crippen LogP contribution in [0.15, 0.2) is 237 Å². The lowest BCUT2D eigenvalue weighted by molar-refractivity contribution is 0.420. The molecular weight excluding hydrogens is 903 g/mol. The van der Waals surface area contributed by atoms with Crippen LogP contribution in [0.25, 0.3) is 66.8 Å². The molecule has 1 heteroatoms. The largest absolute Gasteiger partial charge is 0.310 e. The van der Waals surface area contributed by atoms with Crippen LogP contribution in [0.2, 0.25) is 0 Å². The van der Waals surface area contributed by atoms with E-state index in [-0.39, 0.29) is 0 Å². The number of hydrogen-bond acceptors (Lipinski definition) is 1. The number of benzene rings is 10. The van der Waals surface area contributed by atoms with Crippen molar-refractivity contribution in [2.75, 3.05) is 4.90 Å². The number of anilines is 3. The molecule has 4 atom stereocenters. The zero-order chi connectivity index (χ0) is 49.5. The molecular formula is C74H61N. The van der Waals surface area contributed by atoms with E-state index in [0.29, 0.717) is 5.92 Å². The van der Waals surface area contributed by atoms with Crippen LogP contribution >= 0.6 is 0 Å². The van der Waals surface area contributed by atoms with Crippen molar-refractivity contribution >= 4 is 17.1 Å². The summed E-state index contributed by atoms with van der Waals surface area (Å²) in [6.45, 7) is 0. The van der Waals surface area contributed by atoms with E-state index in [1.165, 1.54) is 158 Å². The van der Waals surface area contributed by atoms with Gasteiger partial charge in [0.1, 0.15) is 0 Å². The van der Waals surface area contributed by atoms with Gasteiger partial charge in [-0.25, -0.2) is 0 Å². The Morgan fingerprint density at radius 3 is 1.37 bits per heavy atom. The maximum Gasteiger partial charge on any atom is 0.0726 e. The lowest BCUT2D eigenvalue weighted by Gasteiger charge is -2.32. The fraction of sp³-hybridized carbons (Fsp3) is 0.189. The average molecular weight is 964 g/mol. The molecule has 0 amide bonds. The summed E-state index contributed by atoms with van der Waals surface area (Å²) in [4.78, 5) is 2.49. The van der Waals surface area contributed by atoms with E-state index in [9.17, 15) is 0 Å². The van der Waals surface area contributed by atoms with Gasteiger partial charge in [0.15, 0.2) is 0 Å². The monoisotopic (exact) mass is 963 g/mol. The van der Waals surface area contributed by atoms with E-state index >= 15 is 0 Å². The van der Waals surface area contributed by atoms with Gasteiger partial charge in [-0.15, -0.1) is 0 Å². The lowest BCUT2D eigenvalue weighted by Crippen LogP contribution is -2.26. The number of hydrogen-bond donors (Lipinski definition) is 0. The normalized spacial score (nSPS) is 19.9. The van der Waals surface area contributed by atoms with Gasteiger partial charge in [0.25, 0.3) is 0 Å². The van der Waals surface area contributed by atoms with Crippen molar-refractivity contribution in [3.63, 3.8) is 0 Å². The molecule has 3 fully saturated rings. The second-order valence-corrected chi connectivity index (χ2v) is 22.5. The average Bonchev–Trinajstić information content (AvgIpc) is 4.31. The van der Waals surface area contributed by atoms with Gasteiger partial charge in [-0.1, -0.05) is 220 Å². The van der Waals surface area contributed by atoms with Gasteiger partial charge >= 0.3 is 0 Å². The molecule has 0 aromatic heterocycles. The summed E-state index contributed by atoms with van der Waals surface area (Å²) < 4.78 is 0. The summed E-state index contributed by atoms with van der Waals surface area (Å²) in [5, 5.41) is 0. The Hall–Kier alpha value is -8.00. The van der Waals surface area contributed by atoms with Crippen LogP contribution in [0, 0.1) is 11.8 Å². The highest BCUT2D eigenvalue weighted by atomic mass is 15.1. The third-order valence-corrected chi connectivity index (χ3v) is 18.6. The van der Waals surface area contributed by atoms with Crippen LogP contribution in [0.4, 0.5) is 17.1 Å². The van der Waals surface area contributed by atoms with E-state index < -0.39 is 5.41 Å². The Kier molecular flexibility index (Phi) is 10.8. The highest BCUT2D eigenvalue weighted by Gasteiger charge is 2.52. The molecule has 2 bridgehead atoms. The third-order valence-electron chi connectivity index (χ3n) is 18.6. The van der Waals surface area contributed by atoms with Gasteiger partial charge in [0, 0.05) is 17.1 Å². The van der Waals surface area contributed by atoms with E-state index in [1.807, 2.05) is 0 Å². The van der Waals surface area contributed by atoms with Crippen LogP contribution in [-0.4, -0.2) is 0 Å². The van der Waals surface area contributed by atoms with E-state index in [2.05, 4.69) is 241 Å². The smallest absolute Gasteiger partial charge is 0.0726 e. The quantitative estimate of drug-likeness (QED) is 0.139. The van der Waals surface area contributed by atoms with Crippen molar-refractivity contribution in [2.24, 2.45) is 11.8 Å². The van der Waals surface area contributed by atoms with Crippen molar-refractivity contribution in [3.8, 4) is 66.8 Å². The molecule has 15 rings (SSSR count). The van der Waals surface area contributed by atoms with Gasteiger partial charge in [-0.05, 0) is 198 Å². The Morgan fingerprint density at radius 1 is 0.307 bits per heavy atom. The second kappa shape index (κ2) is 18.1. The standard InChI is InChI=1S/C74H61N/c1-3-13-50(14-4-1)52-25-29-55(30-26-52)63-17-7-8-18-64(63)56-35-40-61(41-36-56)75(60-38-33-54(34-39-60)53-27-31-57(32-28-53)69-46-49-23-24-59(69)45-49)62-42-44-68-66-20-10-12-22-71(66)74(73(68)48-62)70-21-11-9-19-65(70)67-43-37-58(47-72(67)74)51-15-5-2-6-16-51/h2,5-12,15-22,25-44,47-50,59,69H,1,3-4,13-14,23-24,45-46H2. The number of fused-ring (bicyclic) bond motifs is 12. The fourth-order valence-corrected chi connectivity index (χ4v) is 15.0. The minimum atomic E-state index is -0.499. The molecule has 10 aromatic carbocycles. The maximum atomic E-state index is 2.53. The van der Waals surface area contributed by atoms with Gasteiger partial charge in [0.05, 0.1) is 5.41 Å². The molecule has 1 nitrogen and oxygen atoms in total. The summed E-state index contributed by atoms with van der Waals surface area (Å²) in [5.74, 6) is 3.26. The fourth-order valence-electron chi connectivity index (χ4n) is 15.0. The first-order valence-electron chi connectivity index (χ1n) is 28.0. The summed E-state index contributed by atoms with van der Waals surface area (Å²) in [5.41, 5.74) is 26.5.